The summed E-state index contributed by atoms with van der Waals surface area (Å²) >= 11 is 1.42. The van der Waals surface area contributed by atoms with E-state index in [9.17, 15) is 9.59 Å². The third-order valence-corrected chi connectivity index (χ3v) is 6.66. The van der Waals surface area contributed by atoms with E-state index < -0.39 is 0 Å². The van der Waals surface area contributed by atoms with E-state index in [0.29, 0.717) is 28.5 Å². The zero-order valence-electron chi connectivity index (χ0n) is 18.3. The molecule has 0 radical (unpaired) electrons. The summed E-state index contributed by atoms with van der Waals surface area (Å²) in [5, 5.41) is 2.93. The Bertz CT molecular complexity index is 1280. The molecule has 2 heterocycles. The topological polar surface area (TPSA) is 67.9 Å². The van der Waals surface area contributed by atoms with Gasteiger partial charge in [-0.15, -0.1) is 0 Å². The molecule has 2 aliphatic rings. The first kappa shape index (κ1) is 21.2. The first-order valence-electron chi connectivity index (χ1n) is 10.5. The maximum absolute atomic E-state index is 13.0. The molecular weight excluding hydrogens is 436 g/mol. The second kappa shape index (κ2) is 8.67. The first-order valence-corrected chi connectivity index (χ1v) is 11.3. The van der Waals surface area contributed by atoms with Gasteiger partial charge in [-0.3, -0.25) is 9.59 Å². The van der Waals surface area contributed by atoms with Crippen molar-refractivity contribution < 1.29 is 19.1 Å². The molecule has 0 aliphatic carbocycles. The zero-order chi connectivity index (χ0) is 22.9. The van der Waals surface area contributed by atoms with Crippen molar-refractivity contribution in [2.75, 3.05) is 18.7 Å². The van der Waals surface area contributed by atoms with Crippen LogP contribution < -0.4 is 19.7 Å². The number of fused-ring (bicyclic) bond motifs is 2. The highest BCUT2D eigenvalue weighted by Crippen LogP contribution is 2.42. The number of carbonyl (C=O) groups is 2. The summed E-state index contributed by atoms with van der Waals surface area (Å²) in [5.74, 6) is 1.09. The van der Waals surface area contributed by atoms with Crippen LogP contribution in [-0.4, -0.2) is 25.7 Å². The lowest BCUT2D eigenvalue weighted by atomic mass is 10.1. The van der Waals surface area contributed by atoms with E-state index in [0.717, 1.165) is 21.7 Å². The van der Waals surface area contributed by atoms with Gasteiger partial charge in [0.25, 0.3) is 11.8 Å². The Morgan fingerprint density at radius 2 is 1.85 bits per heavy atom. The van der Waals surface area contributed by atoms with Crippen LogP contribution in [-0.2, 0) is 11.3 Å². The van der Waals surface area contributed by atoms with Crippen molar-refractivity contribution in [1.29, 1.82) is 0 Å². The molecule has 0 unspecified atom stereocenters. The van der Waals surface area contributed by atoms with Crippen LogP contribution in [0, 0.1) is 6.92 Å². The van der Waals surface area contributed by atoms with Crippen molar-refractivity contribution in [2.24, 2.45) is 0 Å². The van der Waals surface area contributed by atoms with Crippen LogP contribution >= 0.6 is 11.8 Å². The van der Waals surface area contributed by atoms with E-state index in [1.807, 2.05) is 61.5 Å². The maximum atomic E-state index is 13.0. The molecule has 3 aromatic rings. The molecule has 0 saturated carbocycles. The zero-order valence-corrected chi connectivity index (χ0v) is 19.1. The second-order valence-corrected chi connectivity index (χ2v) is 9.02. The third-order valence-electron chi connectivity index (χ3n) is 5.58. The summed E-state index contributed by atoms with van der Waals surface area (Å²) < 4.78 is 10.7. The Hall–Kier alpha value is -3.71. The number of amides is 2. The Morgan fingerprint density at radius 1 is 1.06 bits per heavy atom. The molecule has 5 rings (SSSR count). The fourth-order valence-corrected chi connectivity index (χ4v) is 4.78. The van der Waals surface area contributed by atoms with E-state index in [2.05, 4.69) is 5.32 Å². The summed E-state index contributed by atoms with van der Waals surface area (Å²) in [6.07, 6.45) is 1.90. The number of anilines is 1. The van der Waals surface area contributed by atoms with Crippen LogP contribution in [0.1, 0.15) is 27.0 Å². The highest BCUT2D eigenvalue weighted by Gasteiger charge is 2.27. The van der Waals surface area contributed by atoms with Gasteiger partial charge in [0.15, 0.2) is 11.5 Å². The lowest BCUT2D eigenvalue weighted by Gasteiger charge is -2.27. The lowest BCUT2D eigenvalue weighted by Crippen LogP contribution is -2.31. The third kappa shape index (κ3) is 4.32. The number of ether oxygens (including phenoxy) is 2. The predicted molar refractivity (Wildman–Crippen MR) is 129 cm³/mol. The average molecular weight is 459 g/mol. The Labute approximate surface area is 196 Å². The molecule has 3 aromatic carbocycles. The Morgan fingerprint density at radius 3 is 2.67 bits per heavy atom. The van der Waals surface area contributed by atoms with Crippen LogP contribution in [0.2, 0.25) is 0 Å². The number of aryl methyl sites for hydroxylation is 1. The predicted octanol–water partition coefficient (Wildman–Crippen LogP) is 4.76. The highest BCUT2D eigenvalue weighted by atomic mass is 32.2. The van der Waals surface area contributed by atoms with Crippen molar-refractivity contribution in [2.45, 2.75) is 18.4 Å². The quantitative estimate of drug-likeness (QED) is 0.571. The molecule has 2 aliphatic heterocycles. The van der Waals surface area contributed by atoms with E-state index in [-0.39, 0.29) is 18.6 Å². The molecule has 0 spiro atoms. The molecule has 0 saturated heterocycles. The van der Waals surface area contributed by atoms with Gasteiger partial charge in [-0.05, 0) is 54.5 Å². The number of hydrogen-bond acceptors (Lipinski definition) is 5. The van der Waals surface area contributed by atoms with Crippen LogP contribution in [0.25, 0.3) is 6.08 Å². The van der Waals surface area contributed by atoms with Crippen LogP contribution in [0.4, 0.5) is 5.69 Å². The van der Waals surface area contributed by atoms with Gasteiger partial charge >= 0.3 is 0 Å². The molecule has 2 amide bonds. The van der Waals surface area contributed by atoms with Crippen molar-refractivity contribution in [3.63, 3.8) is 0 Å². The number of benzene rings is 3. The fourth-order valence-electron chi connectivity index (χ4n) is 3.68. The second-order valence-electron chi connectivity index (χ2n) is 7.94. The molecule has 0 aromatic heterocycles. The monoisotopic (exact) mass is 458 g/mol. The SMILES string of the molecule is Cc1ccc(C=C2Sc3ccc(C(=O)NCc4ccc5c(c4)OCO5)cc3N(C)C2=O)cc1. The summed E-state index contributed by atoms with van der Waals surface area (Å²) in [5.41, 5.74) is 4.29. The highest BCUT2D eigenvalue weighted by molar-refractivity contribution is 8.04. The number of hydrogen-bond donors (Lipinski definition) is 1. The molecule has 6 nitrogen and oxygen atoms in total. The van der Waals surface area contributed by atoms with Crippen molar-refractivity contribution in [1.82, 2.24) is 5.32 Å². The molecule has 7 heteroatoms. The van der Waals surface area contributed by atoms with Gasteiger partial charge < -0.3 is 19.7 Å². The summed E-state index contributed by atoms with van der Waals surface area (Å²) in [7, 11) is 1.73. The van der Waals surface area contributed by atoms with Gasteiger partial charge in [-0.25, -0.2) is 0 Å². The van der Waals surface area contributed by atoms with Gasteiger partial charge in [0.05, 0.1) is 10.6 Å². The average Bonchev–Trinajstić information content (AvgIpc) is 3.30. The number of carbonyl (C=O) groups excluding carboxylic acids is 2. The summed E-state index contributed by atoms with van der Waals surface area (Å²) in [6.45, 7) is 2.61. The van der Waals surface area contributed by atoms with Crippen LogP contribution in [0.3, 0.4) is 0 Å². The summed E-state index contributed by atoms with van der Waals surface area (Å²) in [6, 6.07) is 19.1. The molecule has 0 bridgehead atoms. The van der Waals surface area contributed by atoms with Gasteiger partial charge in [0.1, 0.15) is 0 Å². The number of thioether (sulfide) groups is 1. The van der Waals surface area contributed by atoms with Crippen molar-refractivity contribution in [3.05, 3.63) is 87.8 Å². The smallest absolute Gasteiger partial charge is 0.264 e. The van der Waals surface area contributed by atoms with E-state index in [1.54, 1.807) is 24.1 Å². The summed E-state index contributed by atoms with van der Waals surface area (Å²) in [4.78, 5) is 28.9. The molecule has 33 heavy (non-hydrogen) atoms. The fraction of sp³-hybridized carbons (Fsp3) is 0.154. The van der Waals surface area contributed by atoms with E-state index in [4.69, 9.17) is 9.47 Å². The Balaban J connectivity index is 1.31. The van der Waals surface area contributed by atoms with Crippen molar-refractivity contribution in [3.8, 4) is 11.5 Å². The van der Waals surface area contributed by atoms with Gasteiger partial charge in [0.2, 0.25) is 6.79 Å². The van der Waals surface area contributed by atoms with Gasteiger partial charge in [-0.1, -0.05) is 47.7 Å². The number of nitrogens with zero attached hydrogens (tertiary/aromatic N) is 1. The minimum atomic E-state index is -0.206. The molecule has 1 N–H and O–H groups in total. The minimum Gasteiger partial charge on any atom is -0.454 e. The molecule has 0 atom stereocenters. The number of rotatable bonds is 4. The van der Waals surface area contributed by atoms with Gasteiger partial charge in [0, 0.05) is 24.1 Å². The van der Waals surface area contributed by atoms with Gasteiger partial charge in [-0.2, -0.15) is 0 Å². The van der Waals surface area contributed by atoms with E-state index in [1.165, 1.54) is 17.3 Å². The molecule has 0 fully saturated rings. The maximum Gasteiger partial charge on any atom is 0.264 e. The number of likely N-dealkylation sites (N-methyl/N-ethyl adjacent to an activating group) is 1. The number of nitrogens with one attached hydrogen (secondary N) is 1. The normalized spacial score (nSPS) is 15.5. The molecule has 166 valence electrons. The first-order chi connectivity index (χ1) is 16.0. The standard InChI is InChI=1S/C26H22N2O4S/c1-16-3-5-17(6-4-16)12-24-26(30)28(2)20-13-19(8-10-23(20)33-24)25(29)27-14-18-7-9-21-22(11-18)32-15-31-21/h3-13H,14-15H2,1-2H3,(H,27,29). The minimum absolute atomic E-state index is 0.0917. The largest absolute Gasteiger partial charge is 0.454 e. The Kier molecular flexibility index (Phi) is 5.56. The van der Waals surface area contributed by atoms with E-state index >= 15 is 0 Å². The van der Waals surface area contributed by atoms with Crippen LogP contribution in [0.5, 0.6) is 11.5 Å². The van der Waals surface area contributed by atoms with Crippen molar-refractivity contribution >= 4 is 35.3 Å². The molecular formula is C26H22N2O4S. The van der Waals surface area contributed by atoms with Crippen LogP contribution in [0.15, 0.2) is 70.5 Å². The lowest BCUT2D eigenvalue weighted by molar-refractivity contribution is -0.114.